The first-order valence-electron chi connectivity index (χ1n) is 3.86. The summed E-state index contributed by atoms with van der Waals surface area (Å²) in [7, 11) is 3.55. The highest BCUT2D eigenvalue weighted by atomic mass is 35.6. The number of carbonyl (C=O) groups is 1. The van der Waals surface area contributed by atoms with Gasteiger partial charge in [0.25, 0.3) is 0 Å². The Bertz CT molecular complexity index is 255. The van der Waals surface area contributed by atoms with Crippen LogP contribution in [0.25, 0.3) is 0 Å². The molecule has 0 aromatic carbocycles. The lowest BCUT2D eigenvalue weighted by Crippen LogP contribution is -2.42. The highest BCUT2D eigenvalue weighted by molar-refractivity contribution is 8.23. The second kappa shape index (κ2) is 6.35. The third-order valence-electron chi connectivity index (χ3n) is 1.22. The van der Waals surface area contributed by atoms with Crippen LogP contribution in [0.15, 0.2) is 0 Å². The van der Waals surface area contributed by atoms with Crippen molar-refractivity contribution < 1.29 is 4.79 Å². The van der Waals surface area contributed by atoms with Crippen molar-refractivity contribution in [2.45, 2.75) is 16.1 Å². The maximum absolute atomic E-state index is 10.9. The largest absolute Gasteiger partial charge is 0.364 e. The molecule has 0 saturated heterocycles. The molecule has 0 radical (unpaired) electrons. The summed E-state index contributed by atoms with van der Waals surface area (Å²) in [6.07, 6.45) is 0. The topological polar surface area (TPSA) is 32.3 Å². The number of thiocarbonyl (C=S) groups is 1. The Morgan fingerprint density at radius 1 is 1.47 bits per heavy atom. The molecule has 8 heteroatoms. The number of rotatable bonds is 2. The predicted molar refractivity (Wildman–Crippen MR) is 71.8 cm³/mol. The van der Waals surface area contributed by atoms with Gasteiger partial charge in [0.15, 0.2) is 0 Å². The lowest BCUT2D eigenvalue weighted by molar-refractivity contribution is -0.119. The second-order valence-electron chi connectivity index (χ2n) is 2.90. The molecule has 0 fully saturated rings. The van der Waals surface area contributed by atoms with Crippen molar-refractivity contribution in [3.63, 3.8) is 0 Å². The highest BCUT2D eigenvalue weighted by Gasteiger charge is 2.35. The first-order valence-corrected chi connectivity index (χ1v) is 6.28. The van der Waals surface area contributed by atoms with E-state index in [0.717, 1.165) is 11.8 Å². The molecule has 1 N–H and O–H groups in total. The molecule has 0 aliphatic carbocycles. The zero-order chi connectivity index (χ0) is 12.2. The molecule has 3 nitrogen and oxygen atoms in total. The zero-order valence-electron chi connectivity index (χ0n) is 8.38. The average Bonchev–Trinajstić information content (AvgIpc) is 2.00. The van der Waals surface area contributed by atoms with Gasteiger partial charge < -0.3 is 10.2 Å². The minimum absolute atomic E-state index is 0.277. The maximum Gasteiger partial charge on any atom is 0.220 e. The van der Waals surface area contributed by atoms with Gasteiger partial charge in [0.05, 0.1) is 0 Å². The summed E-state index contributed by atoms with van der Waals surface area (Å²) in [4.78, 5) is 12.6. The zero-order valence-corrected chi connectivity index (χ0v) is 12.3. The Hall–Kier alpha value is 0.580. The van der Waals surface area contributed by atoms with Crippen LogP contribution in [0.1, 0.15) is 6.92 Å². The SMILES string of the molecule is CC(=O)N[C@@H](SC(=S)N(C)C)C(Cl)(Cl)Cl. The number of alkyl halides is 3. The fourth-order valence-corrected chi connectivity index (χ4v) is 2.19. The van der Waals surface area contributed by atoms with E-state index in [2.05, 4.69) is 5.32 Å². The van der Waals surface area contributed by atoms with Crippen LogP contribution in [0.3, 0.4) is 0 Å². The average molecular weight is 310 g/mol. The molecule has 0 rings (SSSR count). The van der Waals surface area contributed by atoms with Crippen molar-refractivity contribution in [2.75, 3.05) is 14.1 Å². The van der Waals surface area contributed by atoms with E-state index in [1.165, 1.54) is 6.92 Å². The number of amides is 1. The van der Waals surface area contributed by atoms with E-state index in [1.54, 1.807) is 19.0 Å². The molecule has 0 heterocycles. The van der Waals surface area contributed by atoms with Crippen molar-refractivity contribution in [1.29, 1.82) is 0 Å². The van der Waals surface area contributed by atoms with Crippen LogP contribution in [-0.2, 0) is 4.79 Å². The van der Waals surface area contributed by atoms with E-state index >= 15 is 0 Å². The van der Waals surface area contributed by atoms with Crippen LogP contribution in [0.5, 0.6) is 0 Å². The Morgan fingerprint density at radius 2 is 1.93 bits per heavy atom. The number of halogens is 3. The monoisotopic (exact) mass is 308 g/mol. The van der Waals surface area contributed by atoms with Gasteiger partial charge >= 0.3 is 0 Å². The smallest absolute Gasteiger partial charge is 0.220 e. The maximum atomic E-state index is 10.9. The number of nitrogens with one attached hydrogen (secondary N) is 1. The molecule has 1 atom stereocenters. The summed E-state index contributed by atoms with van der Waals surface area (Å²) in [5, 5.41) is 1.82. The summed E-state index contributed by atoms with van der Waals surface area (Å²) in [5.41, 5.74) is 0. The van der Waals surface area contributed by atoms with Gasteiger partial charge in [-0.25, -0.2) is 0 Å². The van der Waals surface area contributed by atoms with Crippen LogP contribution in [0.4, 0.5) is 0 Å². The van der Waals surface area contributed by atoms with Gasteiger partial charge in [-0.1, -0.05) is 58.8 Å². The summed E-state index contributed by atoms with van der Waals surface area (Å²) in [6.45, 7) is 1.35. The quantitative estimate of drug-likeness (QED) is 0.482. The molecule has 0 aliphatic heterocycles. The first-order chi connectivity index (χ1) is 6.64. The van der Waals surface area contributed by atoms with Gasteiger partial charge in [0, 0.05) is 21.0 Å². The van der Waals surface area contributed by atoms with Gasteiger partial charge in [-0.3, -0.25) is 4.79 Å². The fourth-order valence-electron chi connectivity index (χ4n) is 0.569. The normalized spacial score (nSPS) is 13.2. The molecule has 0 aliphatic rings. The lowest BCUT2D eigenvalue weighted by atomic mass is 10.6. The van der Waals surface area contributed by atoms with E-state index in [4.69, 9.17) is 47.0 Å². The van der Waals surface area contributed by atoms with Crippen molar-refractivity contribution in [3.05, 3.63) is 0 Å². The minimum atomic E-state index is -1.60. The highest BCUT2D eigenvalue weighted by Crippen LogP contribution is 2.36. The number of carbonyl (C=O) groups excluding carboxylic acids is 1. The third-order valence-corrected chi connectivity index (χ3v) is 4.19. The number of hydrogen-bond donors (Lipinski definition) is 1. The molecule has 0 unspecified atom stereocenters. The van der Waals surface area contributed by atoms with Crippen molar-refractivity contribution in [1.82, 2.24) is 10.2 Å². The van der Waals surface area contributed by atoms with Crippen LogP contribution in [0, 0.1) is 0 Å². The summed E-state index contributed by atoms with van der Waals surface area (Å²) < 4.78 is -1.07. The predicted octanol–water partition coefficient (Wildman–Crippen LogP) is 2.40. The van der Waals surface area contributed by atoms with Gasteiger partial charge in [0.1, 0.15) is 9.69 Å². The Balaban J connectivity index is 4.52. The second-order valence-corrected chi connectivity index (χ2v) is 7.01. The van der Waals surface area contributed by atoms with E-state index < -0.39 is 9.17 Å². The van der Waals surface area contributed by atoms with Crippen molar-refractivity contribution >= 4 is 69.0 Å². The van der Waals surface area contributed by atoms with Crippen LogP contribution in [0.2, 0.25) is 0 Å². The van der Waals surface area contributed by atoms with Crippen molar-refractivity contribution in [3.8, 4) is 0 Å². The summed E-state index contributed by atoms with van der Waals surface area (Å²) in [6, 6.07) is 0. The molecule has 0 aromatic rings. The van der Waals surface area contributed by atoms with E-state index in [0.29, 0.717) is 4.32 Å². The molecule has 88 valence electrons. The van der Waals surface area contributed by atoms with E-state index in [1.807, 2.05) is 0 Å². The number of nitrogens with zero attached hydrogens (tertiary/aromatic N) is 1. The summed E-state index contributed by atoms with van der Waals surface area (Å²) >= 11 is 23.3. The molecule has 1 amide bonds. The molecule has 0 spiro atoms. The third kappa shape index (κ3) is 6.68. The Morgan fingerprint density at radius 3 is 2.20 bits per heavy atom. The summed E-state index contributed by atoms with van der Waals surface area (Å²) in [5.74, 6) is -0.277. The van der Waals surface area contributed by atoms with Gasteiger partial charge in [-0.2, -0.15) is 0 Å². The van der Waals surface area contributed by atoms with E-state index in [9.17, 15) is 4.79 Å². The van der Waals surface area contributed by atoms with E-state index in [-0.39, 0.29) is 5.91 Å². The molecular formula is C7H11Cl3N2OS2. The number of hydrogen-bond acceptors (Lipinski definition) is 3. The molecule has 0 saturated carbocycles. The van der Waals surface area contributed by atoms with Crippen LogP contribution < -0.4 is 5.32 Å². The minimum Gasteiger partial charge on any atom is -0.364 e. The van der Waals surface area contributed by atoms with Gasteiger partial charge in [-0.05, 0) is 0 Å². The van der Waals surface area contributed by atoms with Crippen LogP contribution in [-0.4, -0.2) is 38.4 Å². The standard InChI is InChI=1S/C7H11Cl3N2OS2/c1-4(13)11-5(7(8,9)10)15-6(14)12(2)3/h5H,1-3H3,(H,11,13)/t5-/m0/s1. The Kier molecular flexibility index (Phi) is 6.59. The van der Waals surface area contributed by atoms with Gasteiger partial charge in [0.2, 0.25) is 9.70 Å². The lowest BCUT2D eigenvalue weighted by Gasteiger charge is -2.26. The van der Waals surface area contributed by atoms with Crippen LogP contribution >= 0.6 is 58.8 Å². The molecular weight excluding hydrogens is 299 g/mol. The van der Waals surface area contributed by atoms with Gasteiger partial charge in [-0.15, -0.1) is 0 Å². The molecule has 0 aromatic heterocycles. The van der Waals surface area contributed by atoms with Crippen molar-refractivity contribution in [2.24, 2.45) is 0 Å². The Labute approximate surface area is 114 Å². The number of thioether (sulfide) groups is 1. The first kappa shape index (κ1) is 15.6. The molecule has 15 heavy (non-hydrogen) atoms. The molecule has 0 bridgehead atoms. The fraction of sp³-hybridized carbons (Fsp3) is 0.714.